The Labute approximate surface area is 161 Å². The van der Waals surface area contributed by atoms with Gasteiger partial charge in [0.1, 0.15) is 5.52 Å². The SMILES string of the molecule is O=C(O)c1ccc(Cc2cnc3oc(C#CCc4ccccc4)nc3c2)cc1. The molecule has 5 nitrogen and oxygen atoms in total. The molecule has 0 radical (unpaired) electrons. The molecule has 4 rings (SSSR count). The van der Waals surface area contributed by atoms with Crippen LogP contribution in [0.5, 0.6) is 0 Å². The second-order valence-electron chi connectivity index (χ2n) is 6.33. The van der Waals surface area contributed by atoms with Crippen LogP contribution in [0.25, 0.3) is 11.2 Å². The molecule has 0 saturated carbocycles. The number of fused-ring (bicyclic) bond motifs is 1. The zero-order chi connectivity index (χ0) is 19.3. The number of carbonyl (C=O) groups is 1. The van der Waals surface area contributed by atoms with Crippen LogP contribution in [-0.4, -0.2) is 21.0 Å². The Morgan fingerprint density at radius 1 is 1.00 bits per heavy atom. The lowest BCUT2D eigenvalue weighted by molar-refractivity contribution is 0.0697. The van der Waals surface area contributed by atoms with Gasteiger partial charge in [-0.2, -0.15) is 4.98 Å². The molecule has 0 atom stereocenters. The number of nitrogens with zero attached hydrogens (tertiary/aromatic N) is 2. The highest BCUT2D eigenvalue weighted by Gasteiger charge is 2.07. The fourth-order valence-electron chi connectivity index (χ4n) is 2.83. The molecule has 0 amide bonds. The van der Waals surface area contributed by atoms with Crippen LogP contribution in [0.1, 0.15) is 32.9 Å². The summed E-state index contributed by atoms with van der Waals surface area (Å²) < 4.78 is 5.59. The van der Waals surface area contributed by atoms with Gasteiger partial charge in [-0.3, -0.25) is 0 Å². The summed E-state index contributed by atoms with van der Waals surface area (Å²) in [5, 5.41) is 8.97. The molecule has 2 aromatic carbocycles. The minimum atomic E-state index is -0.932. The van der Waals surface area contributed by atoms with Gasteiger partial charge in [0, 0.05) is 12.6 Å². The minimum absolute atomic E-state index is 0.271. The highest BCUT2D eigenvalue weighted by atomic mass is 16.4. The van der Waals surface area contributed by atoms with Crippen molar-refractivity contribution in [3.8, 4) is 11.8 Å². The molecule has 0 aliphatic heterocycles. The summed E-state index contributed by atoms with van der Waals surface area (Å²) in [5.41, 5.74) is 4.48. The molecular formula is C23H16N2O3. The molecule has 2 aromatic heterocycles. The van der Waals surface area contributed by atoms with Crippen LogP contribution in [-0.2, 0) is 12.8 Å². The molecule has 5 heteroatoms. The van der Waals surface area contributed by atoms with E-state index in [1.165, 1.54) is 0 Å². The van der Waals surface area contributed by atoms with Crippen molar-refractivity contribution in [1.82, 2.24) is 9.97 Å². The van der Waals surface area contributed by atoms with Crippen molar-refractivity contribution in [3.63, 3.8) is 0 Å². The summed E-state index contributed by atoms with van der Waals surface area (Å²) >= 11 is 0. The largest absolute Gasteiger partial charge is 0.478 e. The lowest BCUT2D eigenvalue weighted by Crippen LogP contribution is -1.96. The van der Waals surface area contributed by atoms with E-state index in [-0.39, 0.29) is 5.56 Å². The minimum Gasteiger partial charge on any atom is -0.478 e. The predicted octanol–water partition coefficient (Wildman–Crippen LogP) is 4.11. The number of oxazole rings is 1. The number of aromatic nitrogens is 2. The van der Waals surface area contributed by atoms with Crippen molar-refractivity contribution in [1.29, 1.82) is 0 Å². The highest BCUT2D eigenvalue weighted by Crippen LogP contribution is 2.17. The Balaban J connectivity index is 1.49. The van der Waals surface area contributed by atoms with Gasteiger partial charge in [-0.05, 0) is 47.2 Å². The number of pyridine rings is 1. The number of rotatable bonds is 4. The summed E-state index contributed by atoms with van der Waals surface area (Å²) in [5.74, 6) is 5.43. The molecule has 0 saturated heterocycles. The van der Waals surface area contributed by atoms with E-state index in [0.29, 0.717) is 30.0 Å². The van der Waals surface area contributed by atoms with Gasteiger partial charge in [0.15, 0.2) is 0 Å². The molecule has 0 unspecified atom stereocenters. The number of carboxylic acids is 1. The van der Waals surface area contributed by atoms with E-state index in [1.54, 1.807) is 30.5 Å². The van der Waals surface area contributed by atoms with Crippen LogP contribution < -0.4 is 0 Å². The number of hydrogen-bond acceptors (Lipinski definition) is 4. The zero-order valence-electron chi connectivity index (χ0n) is 14.9. The molecule has 0 aliphatic carbocycles. The van der Waals surface area contributed by atoms with Crippen LogP contribution in [0.3, 0.4) is 0 Å². The zero-order valence-corrected chi connectivity index (χ0v) is 14.9. The third kappa shape index (κ3) is 4.08. The fourth-order valence-corrected chi connectivity index (χ4v) is 2.83. The Kier molecular flexibility index (Phi) is 4.85. The average Bonchev–Trinajstić information content (AvgIpc) is 3.11. The summed E-state index contributed by atoms with van der Waals surface area (Å²) in [4.78, 5) is 19.7. The molecule has 28 heavy (non-hydrogen) atoms. The summed E-state index contributed by atoms with van der Waals surface area (Å²) in [6.07, 6.45) is 3.00. The topological polar surface area (TPSA) is 76.2 Å². The molecule has 0 spiro atoms. The van der Waals surface area contributed by atoms with Gasteiger partial charge in [-0.25, -0.2) is 9.78 Å². The van der Waals surface area contributed by atoms with E-state index in [4.69, 9.17) is 9.52 Å². The lowest BCUT2D eigenvalue weighted by atomic mass is 10.0. The Morgan fingerprint density at radius 3 is 2.54 bits per heavy atom. The van der Waals surface area contributed by atoms with Crippen LogP contribution in [0, 0.1) is 11.8 Å². The van der Waals surface area contributed by atoms with Crippen LogP contribution in [0.15, 0.2) is 71.3 Å². The first-order valence-electron chi connectivity index (χ1n) is 8.78. The Bertz CT molecular complexity index is 1180. The van der Waals surface area contributed by atoms with Crippen molar-refractivity contribution < 1.29 is 14.3 Å². The predicted molar refractivity (Wildman–Crippen MR) is 105 cm³/mol. The summed E-state index contributed by atoms with van der Waals surface area (Å²) in [6.45, 7) is 0. The molecule has 4 aromatic rings. The number of carboxylic acid groups (broad SMARTS) is 1. The standard InChI is InChI=1S/C23H16N2O3/c26-23(27)19-11-9-17(10-12-19)13-18-14-20-22(24-15-18)28-21(25-20)8-4-7-16-5-2-1-3-6-16/h1-3,5-6,9-12,14-15H,7,13H2,(H,26,27). The smallest absolute Gasteiger partial charge is 0.335 e. The Hall–Kier alpha value is -3.91. The van der Waals surface area contributed by atoms with E-state index >= 15 is 0 Å². The van der Waals surface area contributed by atoms with E-state index < -0.39 is 5.97 Å². The van der Waals surface area contributed by atoms with Crippen molar-refractivity contribution in [2.45, 2.75) is 12.8 Å². The van der Waals surface area contributed by atoms with Crippen molar-refractivity contribution in [2.24, 2.45) is 0 Å². The van der Waals surface area contributed by atoms with Crippen LogP contribution in [0.2, 0.25) is 0 Å². The third-order valence-corrected chi connectivity index (χ3v) is 4.24. The first kappa shape index (κ1) is 17.5. The van der Waals surface area contributed by atoms with Crippen molar-refractivity contribution >= 4 is 17.2 Å². The first-order chi connectivity index (χ1) is 13.7. The highest BCUT2D eigenvalue weighted by molar-refractivity contribution is 5.87. The Morgan fingerprint density at radius 2 is 1.79 bits per heavy atom. The second kappa shape index (κ2) is 7.77. The third-order valence-electron chi connectivity index (χ3n) is 4.24. The van der Waals surface area contributed by atoms with Gasteiger partial charge < -0.3 is 9.52 Å². The van der Waals surface area contributed by atoms with Crippen molar-refractivity contribution in [2.75, 3.05) is 0 Å². The maximum absolute atomic E-state index is 10.9. The van der Waals surface area contributed by atoms with Gasteiger partial charge >= 0.3 is 5.97 Å². The number of aromatic carboxylic acids is 1. The molecule has 0 aliphatic rings. The maximum atomic E-state index is 10.9. The number of benzene rings is 2. The van der Waals surface area contributed by atoms with E-state index in [0.717, 1.165) is 16.7 Å². The van der Waals surface area contributed by atoms with Crippen LogP contribution >= 0.6 is 0 Å². The average molecular weight is 368 g/mol. The molecule has 0 bridgehead atoms. The second-order valence-corrected chi connectivity index (χ2v) is 6.33. The van der Waals surface area contributed by atoms with Gasteiger partial charge in [-0.15, -0.1) is 0 Å². The normalized spacial score (nSPS) is 10.4. The lowest BCUT2D eigenvalue weighted by Gasteiger charge is -2.02. The van der Waals surface area contributed by atoms with E-state index in [2.05, 4.69) is 21.8 Å². The van der Waals surface area contributed by atoms with Gasteiger partial charge in [-0.1, -0.05) is 48.4 Å². The molecule has 136 valence electrons. The van der Waals surface area contributed by atoms with Gasteiger partial charge in [0.25, 0.3) is 5.89 Å². The first-order valence-corrected chi connectivity index (χ1v) is 8.78. The molecule has 2 heterocycles. The molecule has 1 N–H and O–H groups in total. The fraction of sp³-hybridized carbons (Fsp3) is 0.0870. The summed E-state index contributed by atoms with van der Waals surface area (Å²) in [7, 11) is 0. The van der Waals surface area contributed by atoms with E-state index in [9.17, 15) is 4.79 Å². The quantitative estimate of drug-likeness (QED) is 0.549. The van der Waals surface area contributed by atoms with Gasteiger partial charge in [0.05, 0.1) is 5.56 Å². The summed E-state index contributed by atoms with van der Waals surface area (Å²) in [6, 6.07) is 18.7. The van der Waals surface area contributed by atoms with Crippen molar-refractivity contribution in [3.05, 3.63) is 95.0 Å². The monoisotopic (exact) mass is 368 g/mol. The molecule has 0 fully saturated rings. The molecular weight excluding hydrogens is 352 g/mol. The van der Waals surface area contributed by atoms with E-state index in [1.807, 2.05) is 36.4 Å². The maximum Gasteiger partial charge on any atom is 0.335 e. The van der Waals surface area contributed by atoms with Crippen LogP contribution in [0.4, 0.5) is 0 Å². The number of hydrogen-bond donors (Lipinski definition) is 1. The van der Waals surface area contributed by atoms with Gasteiger partial charge in [0.2, 0.25) is 5.71 Å².